The van der Waals surface area contributed by atoms with Gasteiger partial charge in [-0.25, -0.2) is 0 Å². The molecule has 3 nitrogen and oxygen atoms in total. The fourth-order valence-corrected chi connectivity index (χ4v) is 4.63. The number of nitriles is 1. The average Bonchev–Trinajstić information content (AvgIpc) is 3.84. The first-order valence-electron chi connectivity index (χ1n) is 13.5. The Bertz CT molecular complexity index is 1290. The van der Waals surface area contributed by atoms with Crippen molar-refractivity contribution < 1.29 is 37.9 Å². The van der Waals surface area contributed by atoms with E-state index in [9.17, 15) is 9.59 Å². The smallest absolute Gasteiger partial charge is 2.00 e. The first kappa shape index (κ1) is 45.4. The van der Waals surface area contributed by atoms with Crippen LogP contribution in [0.4, 0.5) is 0 Å². The second-order valence-electron chi connectivity index (χ2n) is 10.0. The molecule has 3 aliphatic carbocycles. The van der Waals surface area contributed by atoms with Gasteiger partial charge in [-0.15, -0.1) is 11.6 Å². The maximum Gasteiger partial charge on any atom is 2.00 e. The van der Waals surface area contributed by atoms with Crippen molar-refractivity contribution in [3.63, 3.8) is 0 Å². The fourth-order valence-electron chi connectivity index (χ4n) is 3.46. The number of hydrogen-bond acceptors (Lipinski definition) is 3. The van der Waals surface area contributed by atoms with Crippen molar-refractivity contribution in [1.82, 2.24) is 0 Å². The fraction of sp³-hybridized carbons (Fsp3) is 0.333. The minimum Gasteiger partial charge on any atom is 2.00 e. The van der Waals surface area contributed by atoms with Crippen molar-refractivity contribution in [1.29, 1.82) is 5.26 Å². The van der Waals surface area contributed by atoms with Gasteiger partial charge in [-0.2, -0.15) is 35.6 Å². The number of Topliss-reactive ketones (excluding diaryl/α,β-unsaturated/α-hetero) is 2. The number of halogens is 7. The molecule has 0 aromatic heterocycles. The zero-order valence-corrected chi connectivity index (χ0v) is 35.2. The summed E-state index contributed by atoms with van der Waals surface area (Å²) in [5.41, 5.74) is 1.53. The van der Waals surface area contributed by atoms with Crippen LogP contribution in [0.15, 0.2) is 72.8 Å². The molecule has 241 valence electrons. The molecule has 0 amide bonds. The summed E-state index contributed by atoms with van der Waals surface area (Å²) in [6.45, 7) is 0. The van der Waals surface area contributed by atoms with E-state index in [2.05, 4.69) is 62.7 Å². The third-order valence-corrected chi connectivity index (χ3v) is 8.27. The van der Waals surface area contributed by atoms with Crippen molar-refractivity contribution in [3.8, 4) is 6.07 Å². The molecule has 2 unspecified atom stereocenters. The topological polar surface area (TPSA) is 57.9 Å². The number of hydrogen-bond donors (Lipinski definition) is 0. The number of carbonyl (C=O) groups excluding carboxylic acids is 2. The summed E-state index contributed by atoms with van der Waals surface area (Å²) in [5, 5.41) is 10.1. The molecule has 0 saturated heterocycles. The van der Waals surface area contributed by atoms with E-state index >= 15 is 0 Å². The predicted molar refractivity (Wildman–Crippen MR) is 191 cm³/mol. The second kappa shape index (κ2) is 26.3. The zero-order valence-electron chi connectivity index (χ0n) is 24.2. The largest absolute Gasteiger partial charge is 2.00 e. The van der Waals surface area contributed by atoms with Gasteiger partial charge in [0.1, 0.15) is 6.42 Å². The summed E-state index contributed by atoms with van der Waals surface area (Å²) in [5.74, 6) is 2.28. The Labute approximate surface area is 337 Å². The minimum atomic E-state index is -0.0105. The molecule has 6 rings (SSSR count). The van der Waals surface area contributed by atoms with Gasteiger partial charge in [0, 0.05) is 27.6 Å². The van der Waals surface area contributed by atoms with E-state index in [0.717, 1.165) is 35.4 Å². The molecule has 3 aromatic carbocycles. The van der Waals surface area contributed by atoms with Gasteiger partial charge in [0.05, 0.1) is 23.7 Å². The summed E-state index contributed by atoms with van der Waals surface area (Å²) in [7, 11) is 0. The van der Waals surface area contributed by atoms with Crippen LogP contribution >= 0.6 is 79.0 Å². The van der Waals surface area contributed by atoms with Crippen LogP contribution < -0.4 is 17.0 Å². The summed E-state index contributed by atoms with van der Waals surface area (Å²) >= 11 is 27.8. The summed E-state index contributed by atoms with van der Waals surface area (Å²) in [6.07, 6.45) is 9.54. The Morgan fingerprint density at radius 1 is 0.889 bits per heavy atom. The number of rotatable bonds is 7. The van der Waals surface area contributed by atoms with Gasteiger partial charge in [0.25, 0.3) is 0 Å². The summed E-state index contributed by atoms with van der Waals surface area (Å²) in [6, 6.07) is 26.3. The molecule has 12 heteroatoms. The number of carbonyl (C=O) groups is 2. The predicted octanol–water partition coefficient (Wildman–Crippen LogP) is 8.60. The summed E-state index contributed by atoms with van der Waals surface area (Å²) < 4.78 is 0. The first-order valence-corrected chi connectivity index (χ1v) is 20.2. The Hall–Kier alpha value is 0.436. The maximum atomic E-state index is 11.8. The Morgan fingerprint density at radius 3 is 1.67 bits per heavy atom. The van der Waals surface area contributed by atoms with Gasteiger partial charge < -0.3 is 17.0 Å². The van der Waals surface area contributed by atoms with Crippen LogP contribution in [0.5, 0.6) is 0 Å². The molecule has 3 aliphatic rings. The van der Waals surface area contributed by atoms with Gasteiger partial charge in [-0.1, -0.05) is 44.2 Å². The molecule has 0 N–H and O–H groups in total. The molecule has 3 saturated carbocycles. The van der Waals surface area contributed by atoms with Crippen molar-refractivity contribution in [2.45, 2.75) is 49.8 Å². The Morgan fingerprint density at radius 2 is 1.33 bits per heavy atom. The molecule has 2 atom stereocenters. The Balaban J connectivity index is 0.000000575. The van der Waals surface area contributed by atoms with Gasteiger partial charge in [0.2, 0.25) is 0 Å². The molecular formula is C33H31Br4Cl3CuMgNO2+. The SMILES string of the molecule is Clc1cc[c-]cc1.N#CCC1[CH+]C1.O=C(CC1CC1)c1ccc(Cl)cc1.O=C(c1ccc(Cl)cc1)C(Br)C1CC1.[Br-].[Br][Cu][Br].[Mg+2]. The van der Waals surface area contributed by atoms with Crippen LogP contribution in [0, 0.1) is 41.6 Å². The molecule has 0 aliphatic heterocycles. The van der Waals surface area contributed by atoms with E-state index in [0.29, 0.717) is 34.2 Å². The zero-order chi connectivity index (χ0) is 31.6. The van der Waals surface area contributed by atoms with Gasteiger partial charge in [0.15, 0.2) is 17.5 Å². The molecule has 3 fully saturated rings. The van der Waals surface area contributed by atoms with Crippen LogP contribution in [0.3, 0.4) is 0 Å². The van der Waals surface area contributed by atoms with E-state index < -0.39 is 0 Å². The van der Waals surface area contributed by atoms with E-state index in [-0.39, 0.29) is 56.4 Å². The van der Waals surface area contributed by atoms with Crippen LogP contribution in [-0.4, -0.2) is 39.4 Å². The van der Waals surface area contributed by atoms with Gasteiger partial charge in [-0.3, -0.25) is 9.59 Å². The molecular weight excluding hydrogens is 956 g/mol. The molecule has 0 heterocycles. The van der Waals surface area contributed by atoms with Gasteiger partial charge in [-0.05, 0) is 86.1 Å². The second-order valence-corrected chi connectivity index (χ2v) is 17.1. The molecule has 0 bridgehead atoms. The molecule has 3 aromatic rings. The minimum absolute atomic E-state index is 0. The van der Waals surface area contributed by atoms with E-state index in [4.69, 9.17) is 40.1 Å². The normalized spacial score (nSPS) is 15.6. The number of nitrogens with zero attached hydrogens (tertiary/aromatic N) is 1. The molecule has 45 heavy (non-hydrogen) atoms. The van der Waals surface area contributed by atoms with Crippen LogP contribution in [0.2, 0.25) is 15.1 Å². The molecule has 0 spiro atoms. The van der Waals surface area contributed by atoms with Crippen LogP contribution in [-0.2, 0) is 11.3 Å². The maximum absolute atomic E-state index is 11.8. The van der Waals surface area contributed by atoms with E-state index in [1.54, 1.807) is 72.8 Å². The van der Waals surface area contributed by atoms with Crippen molar-refractivity contribution >= 4 is 114 Å². The van der Waals surface area contributed by atoms with Crippen LogP contribution in [0.1, 0.15) is 65.7 Å². The quantitative estimate of drug-likeness (QED) is 0.103. The Kier molecular flexibility index (Phi) is 26.6. The van der Waals surface area contributed by atoms with Crippen LogP contribution in [0.25, 0.3) is 0 Å². The number of alkyl halides is 1. The standard InChI is InChI=1S/C11H10BrClO.C11H11ClO.C6H4Cl.C5H6N.3BrH.Cu.Mg/c12-10(7-1-2-7)11(14)8-3-5-9(13)6-4-8;12-10-5-3-9(4-6-10)11(13)7-8-1-2-8;7-6-4-2-1-3-5-6;6-4-3-5-1-2-5;;;;;/h3-7,10H,1-2H2;3-6,8H,1-2,7H2;2-5H;1,5H,2-3H2;3*1H;;/q;;-1;+1;;;;2*+2/p-3. The first-order chi connectivity index (χ1) is 20.7. The molecule has 0 radical (unpaired) electrons. The third-order valence-electron chi connectivity index (χ3n) is 6.35. The summed E-state index contributed by atoms with van der Waals surface area (Å²) in [4.78, 5) is 23.4. The van der Waals surface area contributed by atoms with Crippen molar-refractivity contribution in [2.24, 2.45) is 17.8 Å². The van der Waals surface area contributed by atoms with E-state index in [1.165, 1.54) is 30.6 Å². The third kappa shape index (κ3) is 21.9. The van der Waals surface area contributed by atoms with E-state index in [1.807, 2.05) is 0 Å². The van der Waals surface area contributed by atoms with Gasteiger partial charge >= 0.3 is 62.6 Å². The van der Waals surface area contributed by atoms with Crippen molar-refractivity contribution in [2.75, 3.05) is 0 Å². The number of ketones is 2. The monoisotopic (exact) mass is 981 g/mol. The van der Waals surface area contributed by atoms with Crippen molar-refractivity contribution in [3.05, 3.63) is 111 Å². The number of benzene rings is 3. The average molecular weight is 987 g/mol.